The number of pyridine rings is 1. The molecule has 0 unspecified atom stereocenters. The topological polar surface area (TPSA) is 64.2 Å². The third-order valence-electron chi connectivity index (χ3n) is 5.43. The van der Waals surface area contributed by atoms with Gasteiger partial charge in [0.15, 0.2) is 5.43 Å². The molecule has 5 nitrogen and oxygen atoms in total. The molecule has 2 heterocycles. The number of amides is 1. The van der Waals surface area contributed by atoms with Crippen LogP contribution in [-0.4, -0.2) is 10.5 Å². The molecule has 0 radical (unpaired) electrons. The molecule has 1 atom stereocenters. The summed E-state index contributed by atoms with van der Waals surface area (Å²) in [5.74, 6) is 0.557. The molecule has 2 aromatic heterocycles. The number of nitrogens with zero attached hydrogens (tertiary/aromatic N) is 1. The van der Waals surface area contributed by atoms with E-state index in [1.54, 1.807) is 12.1 Å². The predicted molar refractivity (Wildman–Crippen MR) is 118 cm³/mol. The van der Waals surface area contributed by atoms with Gasteiger partial charge in [-0.25, -0.2) is 0 Å². The van der Waals surface area contributed by atoms with Crippen LogP contribution in [0.25, 0.3) is 32.8 Å². The molecule has 0 saturated heterocycles. The summed E-state index contributed by atoms with van der Waals surface area (Å²) < 4.78 is 7.77. The Morgan fingerprint density at radius 2 is 1.53 bits per heavy atom. The number of para-hydroxylation sites is 3. The van der Waals surface area contributed by atoms with Crippen molar-refractivity contribution >= 4 is 38.7 Å². The van der Waals surface area contributed by atoms with Gasteiger partial charge in [-0.15, -0.1) is 0 Å². The molecular weight excluding hydrogens is 376 g/mol. The monoisotopic (exact) mass is 396 g/mol. The van der Waals surface area contributed by atoms with Gasteiger partial charge in [-0.3, -0.25) is 9.59 Å². The fraction of sp³-hybridized carbons (Fsp3) is 0.120. The second-order valence-corrected chi connectivity index (χ2v) is 7.43. The number of fused-ring (bicyclic) bond motifs is 3. The highest BCUT2D eigenvalue weighted by atomic mass is 16.3. The van der Waals surface area contributed by atoms with Crippen molar-refractivity contribution in [1.82, 2.24) is 9.88 Å². The molecule has 1 N–H and O–H groups in total. The van der Waals surface area contributed by atoms with Gasteiger partial charge in [0.25, 0.3) is 0 Å². The normalized spacial score (nSPS) is 12.4. The summed E-state index contributed by atoms with van der Waals surface area (Å²) in [7, 11) is 0. The Morgan fingerprint density at radius 1 is 0.933 bits per heavy atom. The highest BCUT2D eigenvalue weighted by Crippen LogP contribution is 2.24. The maximum absolute atomic E-state index is 12.9. The van der Waals surface area contributed by atoms with Gasteiger partial charge in [0.1, 0.15) is 17.9 Å². The third kappa shape index (κ3) is 3.05. The maximum atomic E-state index is 12.9. The van der Waals surface area contributed by atoms with Crippen LogP contribution in [0.4, 0.5) is 0 Å². The number of benzene rings is 3. The predicted octanol–water partition coefficient (Wildman–Crippen LogP) is 4.78. The number of carbonyl (C=O) groups is 1. The first-order chi connectivity index (χ1) is 14.6. The van der Waals surface area contributed by atoms with Gasteiger partial charge in [-0.2, -0.15) is 0 Å². The second-order valence-electron chi connectivity index (χ2n) is 7.43. The Hall–Kier alpha value is -3.86. The van der Waals surface area contributed by atoms with Crippen LogP contribution in [0.2, 0.25) is 0 Å². The molecule has 5 aromatic rings. The Bertz CT molecular complexity index is 1370. The number of aromatic nitrogens is 1. The Morgan fingerprint density at radius 3 is 2.20 bits per heavy atom. The molecule has 0 bridgehead atoms. The van der Waals surface area contributed by atoms with Gasteiger partial charge in [0.2, 0.25) is 5.91 Å². The van der Waals surface area contributed by atoms with E-state index in [1.165, 1.54) is 0 Å². The van der Waals surface area contributed by atoms with Gasteiger partial charge in [-0.1, -0.05) is 42.5 Å². The average Bonchev–Trinajstić information content (AvgIpc) is 3.21. The van der Waals surface area contributed by atoms with Crippen LogP contribution < -0.4 is 10.7 Å². The Labute approximate surface area is 172 Å². The van der Waals surface area contributed by atoms with Gasteiger partial charge in [-0.05, 0) is 43.3 Å². The molecule has 5 heteroatoms. The summed E-state index contributed by atoms with van der Waals surface area (Å²) in [6.07, 6.45) is 0. The lowest BCUT2D eigenvalue weighted by Gasteiger charge is -2.17. The molecule has 148 valence electrons. The lowest BCUT2D eigenvalue weighted by atomic mass is 10.1. The summed E-state index contributed by atoms with van der Waals surface area (Å²) >= 11 is 0. The maximum Gasteiger partial charge on any atom is 0.240 e. The summed E-state index contributed by atoms with van der Waals surface area (Å²) in [5, 5.41) is 5.24. The number of carbonyl (C=O) groups excluding carboxylic acids is 1. The van der Waals surface area contributed by atoms with Crippen molar-refractivity contribution in [2.75, 3.05) is 0 Å². The molecule has 30 heavy (non-hydrogen) atoms. The number of hydrogen-bond acceptors (Lipinski definition) is 3. The van der Waals surface area contributed by atoms with Crippen molar-refractivity contribution < 1.29 is 9.21 Å². The highest BCUT2D eigenvalue weighted by molar-refractivity contribution is 5.94. The van der Waals surface area contributed by atoms with E-state index in [2.05, 4.69) is 5.32 Å². The molecule has 0 spiro atoms. The molecule has 0 fully saturated rings. The van der Waals surface area contributed by atoms with Crippen LogP contribution in [0, 0.1) is 0 Å². The molecule has 3 aromatic carbocycles. The summed E-state index contributed by atoms with van der Waals surface area (Å²) in [5.41, 5.74) is 2.26. The summed E-state index contributed by atoms with van der Waals surface area (Å²) in [4.78, 5) is 25.8. The third-order valence-corrected chi connectivity index (χ3v) is 5.43. The molecular formula is C25H20N2O3. The van der Waals surface area contributed by atoms with Gasteiger partial charge < -0.3 is 14.3 Å². The van der Waals surface area contributed by atoms with Crippen LogP contribution >= 0.6 is 0 Å². The van der Waals surface area contributed by atoms with E-state index in [1.807, 2.05) is 78.2 Å². The minimum absolute atomic E-state index is 0.0199. The van der Waals surface area contributed by atoms with E-state index in [-0.39, 0.29) is 23.9 Å². The SMILES string of the molecule is C[C@H](NC(=O)Cn1c2ccccc2c(=O)c2ccccc21)c1cc2ccccc2o1. The number of nitrogens with one attached hydrogen (secondary N) is 1. The zero-order chi connectivity index (χ0) is 20.7. The molecule has 0 aliphatic rings. The zero-order valence-electron chi connectivity index (χ0n) is 16.5. The Balaban J connectivity index is 1.49. The highest BCUT2D eigenvalue weighted by Gasteiger charge is 2.17. The number of rotatable bonds is 4. The first kappa shape index (κ1) is 18.2. The fourth-order valence-electron chi connectivity index (χ4n) is 3.96. The lowest BCUT2D eigenvalue weighted by molar-refractivity contribution is -0.122. The van der Waals surface area contributed by atoms with Gasteiger partial charge in [0.05, 0.1) is 17.1 Å². The van der Waals surface area contributed by atoms with E-state index in [0.29, 0.717) is 16.5 Å². The van der Waals surface area contributed by atoms with Gasteiger partial charge >= 0.3 is 0 Å². The summed E-state index contributed by atoms with van der Waals surface area (Å²) in [6.45, 7) is 2.00. The van der Waals surface area contributed by atoms with Crippen molar-refractivity contribution in [3.8, 4) is 0 Å². The quantitative estimate of drug-likeness (QED) is 0.445. The van der Waals surface area contributed by atoms with E-state index >= 15 is 0 Å². The first-order valence-corrected chi connectivity index (χ1v) is 9.90. The minimum atomic E-state index is -0.276. The van der Waals surface area contributed by atoms with Crippen molar-refractivity contribution in [2.24, 2.45) is 0 Å². The van der Waals surface area contributed by atoms with Crippen molar-refractivity contribution in [3.05, 3.63) is 94.8 Å². The van der Waals surface area contributed by atoms with Gasteiger partial charge in [0, 0.05) is 16.2 Å². The lowest BCUT2D eigenvalue weighted by Crippen LogP contribution is -2.30. The largest absolute Gasteiger partial charge is 0.459 e. The summed E-state index contributed by atoms with van der Waals surface area (Å²) in [6, 6.07) is 24.2. The minimum Gasteiger partial charge on any atom is -0.459 e. The smallest absolute Gasteiger partial charge is 0.240 e. The number of furan rings is 1. The molecule has 0 aliphatic heterocycles. The van der Waals surface area contributed by atoms with Crippen LogP contribution in [0.15, 0.2) is 88.1 Å². The van der Waals surface area contributed by atoms with E-state index in [0.717, 1.165) is 22.0 Å². The van der Waals surface area contributed by atoms with E-state index in [4.69, 9.17) is 4.42 Å². The first-order valence-electron chi connectivity index (χ1n) is 9.90. The number of hydrogen-bond donors (Lipinski definition) is 1. The van der Waals surface area contributed by atoms with Crippen molar-refractivity contribution in [3.63, 3.8) is 0 Å². The fourth-order valence-corrected chi connectivity index (χ4v) is 3.96. The molecule has 5 rings (SSSR count). The van der Waals surface area contributed by atoms with Crippen LogP contribution in [-0.2, 0) is 11.3 Å². The standard InChI is InChI=1S/C25H20N2O3/c1-16(23-14-17-8-2-7-13-22(17)30-23)26-24(28)15-27-20-11-5-3-9-18(20)25(29)19-10-4-6-12-21(19)27/h2-14,16H,15H2,1H3,(H,26,28)/t16-/m0/s1. The molecule has 0 aliphatic carbocycles. The van der Waals surface area contributed by atoms with Crippen molar-refractivity contribution in [2.45, 2.75) is 19.5 Å². The average molecular weight is 396 g/mol. The molecule has 1 amide bonds. The van der Waals surface area contributed by atoms with E-state index < -0.39 is 0 Å². The van der Waals surface area contributed by atoms with Crippen LogP contribution in [0.1, 0.15) is 18.7 Å². The second kappa shape index (κ2) is 7.19. The zero-order valence-corrected chi connectivity index (χ0v) is 16.5. The van der Waals surface area contributed by atoms with Crippen LogP contribution in [0.5, 0.6) is 0 Å². The van der Waals surface area contributed by atoms with Crippen molar-refractivity contribution in [1.29, 1.82) is 0 Å². The van der Waals surface area contributed by atoms with E-state index in [9.17, 15) is 9.59 Å². The molecule has 0 saturated carbocycles. The van der Waals surface area contributed by atoms with Crippen LogP contribution in [0.3, 0.4) is 0 Å². The Kier molecular flexibility index (Phi) is 4.36.